The predicted octanol–water partition coefficient (Wildman–Crippen LogP) is 2.52. The standard InChI is InChI=1S/C27H37ClNO7P/c1-2-37(34)13-10-29(11-14-37)9-12-35-21-6-3-18(4-7-21)15-20-16-19(5-8-22(20)28)27-26(33)25(32)24(31)23(17-30)36-27/h3-8,16,23-27,30-33H,2,9-15,17H2,1H3/t23-,24-,25+,26-,27+/m1/s1. The molecule has 2 fully saturated rings. The van der Waals surface area contributed by atoms with Gasteiger partial charge in [-0.05, 0) is 47.5 Å². The van der Waals surface area contributed by atoms with Crippen LogP contribution in [-0.4, -0.2) is 101 Å². The second-order valence-electron chi connectivity index (χ2n) is 9.93. The summed E-state index contributed by atoms with van der Waals surface area (Å²) in [6.07, 6.45) is -3.11. The van der Waals surface area contributed by atoms with Gasteiger partial charge in [0.1, 0.15) is 42.9 Å². The third-order valence-corrected chi connectivity index (χ3v) is 11.1. The van der Waals surface area contributed by atoms with Crippen LogP contribution >= 0.6 is 18.7 Å². The van der Waals surface area contributed by atoms with E-state index in [2.05, 4.69) is 4.90 Å². The van der Waals surface area contributed by atoms with Crippen molar-refractivity contribution in [3.8, 4) is 5.75 Å². The van der Waals surface area contributed by atoms with Gasteiger partial charge in [-0.25, -0.2) is 0 Å². The highest BCUT2D eigenvalue weighted by Crippen LogP contribution is 2.46. The summed E-state index contributed by atoms with van der Waals surface area (Å²) >= 11 is 6.45. The van der Waals surface area contributed by atoms with Gasteiger partial charge in [0.2, 0.25) is 0 Å². The van der Waals surface area contributed by atoms with Crippen LogP contribution in [-0.2, 0) is 15.7 Å². The smallest absolute Gasteiger partial charge is 0.119 e. The van der Waals surface area contributed by atoms with Gasteiger partial charge in [0.05, 0.1) is 13.7 Å². The van der Waals surface area contributed by atoms with Crippen molar-refractivity contribution in [1.29, 1.82) is 0 Å². The predicted molar refractivity (Wildman–Crippen MR) is 143 cm³/mol. The highest BCUT2D eigenvalue weighted by molar-refractivity contribution is 7.64. The molecule has 0 aromatic heterocycles. The number of rotatable bonds is 9. The number of halogens is 1. The summed E-state index contributed by atoms with van der Waals surface area (Å²) in [6.45, 7) is 4.67. The van der Waals surface area contributed by atoms with E-state index in [9.17, 15) is 25.0 Å². The molecule has 8 nitrogen and oxygen atoms in total. The number of aliphatic hydroxyl groups is 4. The normalized spacial score (nSPS) is 28.2. The minimum absolute atomic E-state index is 0.477. The molecular weight excluding hydrogens is 517 g/mol. The first-order valence-electron chi connectivity index (χ1n) is 12.8. The molecule has 2 heterocycles. The minimum atomic E-state index is -1.93. The van der Waals surface area contributed by atoms with Crippen molar-refractivity contribution < 1.29 is 34.5 Å². The maximum absolute atomic E-state index is 12.5. The van der Waals surface area contributed by atoms with Crippen molar-refractivity contribution in [3.05, 3.63) is 64.2 Å². The molecular formula is C27H37ClNO7P. The largest absolute Gasteiger partial charge is 0.492 e. The first-order chi connectivity index (χ1) is 17.7. The summed E-state index contributed by atoms with van der Waals surface area (Å²) < 4.78 is 24.1. The van der Waals surface area contributed by atoms with E-state index in [-0.39, 0.29) is 0 Å². The summed E-state index contributed by atoms with van der Waals surface area (Å²) in [5.74, 6) is 0.779. The van der Waals surface area contributed by atoms with E-state index in [4.69, 9.17) is 21.1 Å². The Morgan fingerprint density at radius 1 is 1.05 bits per heavy atom. The highest BCUT2D eigenvalue weighted by Gasteiger charge is 2.44. The summed E-state index contributed by atoms with van der Waals surface area (Å²) in [4.78, 5) is 2.31. The van der Waals surface area contributed by atoms with Gasteiger partial charge < -0.3 is 34.5 Å². The lowest BCUT2D eigenvalue weighted by Crippen LogP contribution is -2.55. The maximum Gasteiger partial charge on any atom is 0.119 e. The Morgan fingerprint density at radius 3 is 2.41 bits per heavy atom. The molecule has 4 N–H and O–H groups in total. The molecule has 5 atom stereocenters. The number of ether oxygens (including phenoxy) is 2. The zero-order chi connectivity index (χ0) is 26.6. The van der Waals surface area contributed by atoms with Gasteiger partial charge in [-0.3, -0.25) is 4.90 Å². The number of aliphatic hydroxyl groups excluding tert-OH is 4. The molecule has 0 radical (unpaired) electrons. The number of hydrogen-bond donors (Lipinski definition) is 4. The van der Waals surface area contributed by atoms with Crippen molar-refractivity contribution >= 4 is 18.7 Å². The van der Waals surface area contributed by atoms with Crippen molar-refractivity contribution in [2.45, 2.75) is 43.9 Å². The van der Waals surface area contributed by atoms with E-state index < -0.39 is 44.3 Å². The quantitative estimate of drug-likeness (QED) is 0.350. The van der Waals surface area contributed by atoms with Crippen molar-refractivity contribution in [2.24, 2.45) is 0 Å². The average Bonchev–Trinajstić information content (AvgIpc) is 2.91. The van der Waals surface area contributed by atoms with Crippen LogP contribution in [0, 0.1) is 0 Å². The van der Waals surface area contributed by atoms with Crippen molar-refractivity contribution in [1.82, 2.24) is 4.90 Å². The monoisotopic (exact) mass is 553 g/mol. The van der Waals surface area contributed by atoms with Crippen LogP contribution < -0.4 is 4.74 Å². The first kappa shape index (κ1) is 28.5. The lowest BCUT2D eigenvalue weighted by Gasteiger charge is -2.40. The Morgan fingerprint density at radius 2 is 1.76 bits per heavy atom. The molecule has 37 heavy (non-hydrogen) atoms. The lowest BCUT2D eigenvalue weighted by atomic mass is 9.90. The molecule has 0 saturated carbocycles. The van der Waals surface area contributed by atoms with Crippen LogP contribution in [0.5, 0.6) is 5.75 Å². The summed E-state index contributed by atoms with van der Waals surface area (Å²) in [7, 11) is -1.93. The average molecular weight is 554 g/mol. The molecule has 2 aromatic carbocycles. The molecule has 0 bridgehead atoms. The Kier molecular flexibility index (Phi) is 9.70. The van der Waals surface area contributed by atoms with E-state index in [1.165, 1.54) is 0 Å². The van der Waals surface area contributed by atoms with Crippen LogP contribution in [0.3, 0.4) is 0 Å². The molecule has 0 amide bonds. The van der Waals surface area contributed by atoms with Gasteiger partial charge in [0, 0.05) is 37.0 Å². The Bertz CT molecular complexity index is 1070. The van der Waals surface area contributed by atoms with Crippen LogP contribution in [0.2, 0.25) is 5.02 Å². The maximum atomic E-state index is 12.5. The molecule has 10 heteroatoms. The lowest BCUT2D eigenvalue weighted by molar-refractivity contribution is -0.231. The number of benzene rings is 2. The summed E-state index contributed by atoms with van der Waals surface area (Å²) in [6, 6.07) is 13.0. The van der Waals surface area contributed by atoms with E-state index >= 15 is 0 Å². The van der Waals surface area contributed by atoms with Crippen LogP contribution in [0.15, 0.2) is 42.5 Å². The Labute approximate surface area is 223 Å². The van der Waals surface area contributed by atoms with Crippen molar-refractivity contribution in [3.63, 3.8) is 0 Å². The fraction of sp³-hybridized carbons (Fsp3) is 0.556. The molecule has 204 valence electrons. The number of hydrogen-bond acceptors (Lipinski definition) is 8. The van der Waals surface area contributed by atoms with Gasteiger partial charge in [0.25, 0.3) is 0 Å². The molecule has 4 rings (SSSR count). The van der Waals surface area contributed by atoms with E-state index in [1.54, 1.807) is 12.1 Å². The van der Waals surface area contributed by atoms with Crippen LogP contribution in [0.25, 0.3) is 0 Å². The summed E-state index contributed by atoms with van der Waals surface area (Å²) in [5.41, 5.74) is 2.44. The third kappa shape index (κ3) is 6.94. The third-order valence-electron chi connectivity index (χ3n) is 7.51. The van der Waals surface area contributed by atoms with E-state index in [0.717, 1.165) is 55.0 Å². The highest BCUT2D eigenvalue weighted by atomic mass is 35.5. The second kappa shape index (κ2) is 12.6. The molecule has 0 spiro atoms. The zero-order valence-corrected chi connectivity index (χ0v) is 22.7. The fourth-order valence-electron chi connectivity index (χ4n) is 4.91. The Hall–Kier alpha value is -1.48. The zero-order valence-electron chi connectivity index (χ0n) is 21.1. The molecule has 0 aliphatic carbocycles. The Balaban J connectivity index is 1.33. The van der Waals surface area contributed by atoms with Gasteiger partial charge in [-0.15, -0.1) is 0 Å². The van der Waals surface area contributed by atoms with Gasteiger partial charge in [0.15, 0.2) is 0 Å². The fourth-order valence-corrected chi connectivity index (χ4v) is 7.25. The molecule has 2 aliphatic heterocycles. The first-order valence-corrected chi connectivity index (χ1v) is 15.5. The molecule has 2 aromatic rings. The topological polar surface area (TPSA) is 120 Å². The van der Waals surface area contributed by atoms with E-state index in [0.29, 0.717) is 23.6 Å². The second-order valence-corrected chi connectivity index (χ2v) is 14.0. The van der Waals surface area contributed by atoms with Gasteiger partial charge in [-0.2, -0.15) is 0 Å². The van der Waals surface area contributed by atoms with E-state index in [1.807, 2.05) is 37.3 Å². The molecule has 2 saturated heterocycles. The minimum Gasteiger partial charge on any atom is -0.492 e. The summed E-state index contributed by atoms with van der Waals surface area (Å²) in [5, 5.41) is 40.7. The SMILES string of the molecule is CCP1(=O)CCN(CCOc2ccc(Cc3cc([C@@H]4O[C@H](CO)[C@@H](O)[C@H](O)[C@H]4O)ccc3Cl)cc2)CC1. The van der Waals surface area contributed by atoms with Gasteiger partial charge >= 0.3 is 0 Å². The molecule has 2 aliphatic rings. The van der Waals surface area contributed by atoms with Crippen LogP contribution in [0.1, 0.15) is 29.7 Å². The van der Waals surface area contributed by atoms with Gasteiger partial charge in [-0.1, -0.05) is 42.8 Å². The van der Waals surface area contributed by atoms with Crippen LogP contribution in [0.4, 0.5) is 0 Å². The van der Waals surface area contributed by atoms with Crippen molar-refractivity contribution in [2.75, 3.05) is 51.3 Å². The number of nitrogens with zero attached hydrogens (tertiary/aromatic N) is 1. The molecule has 0 unspecified atom stereocenters.